The molecule has 4 nitrogen and oxygen atoms in total. The zero-order valence-corrected chi connectivity index (χ0v) is 16.8. The first-order valence-corrected chi connectivity index (χ1v) is 10.4. The maximum absolute atomic E-state index is 13.4. The molecule has 1 aliphatic carbocycles. The molecule has 1 fully saturated rings. The van der Waals surface area contributed by atoms with Gasteiger partial charge in [-0.05, 0) is 60.8 Å². The van der Waals surface area contributed by atoms with Crippen LogP contribution in [-0.4, -0.2) is 17.4 Å². The highest BCUT2D eigenvalue weighted by Crippen LogP contribution is 2.39. The van der Waals surface area contributed by atoms with Crippen molar-refractivity contribution in [1.29, 1.82) is 0 Å². The summed E-state index contributed by atoms with van der Waals surface area (Å²) in [4.78, 5) is 12.6. The lowest BCUT2D eigenvalue weighted by atomic mass is 9.76. The molecule has 1 atom stereocenters. The molecule has 29 heavy (non-hydrogen) atoms. The van der Waals surface area contributed by atoms with Crippen LogP contribution in [0.1, 0.15) is 42.7 Å². The molecule has 0 bridgehead atoms. The van der Waals surface area contributed by atoms with Crippen LogP contribution in [0.3, 0.4) is 0 Å². The number of allylic oxidation sites excluding steroid dienone is 1. The summed E-state index contributed by atoms with van der Waals surface area (Å²) in [6.45, 7) is 0. The smallest absolute Gasteiger partial charge is 0.252 e. The zero-order valence-electron chi connectivity index (χ0n) is 16.0. The minimum atomic E-state index is -1.10. The molecule has 4 rings (SSSR count). The predicted octanol–water partition coefficient (Wildman–Crippen LogP) is 4.25. The maximum atomic E-state index is 13.4. The molecular formula is C23H24ClFN2O2. The van der Waals surface area contributed by atoms with E-state index in [9.17, 15) is 14.3 Å². The molecule has 152 valence electrons. The summed E-state index contributed by atoms with van der Waals surface area (Å²) in [5.41, 5.74) is 3.39. The molecule has 3 N–H and O–H groups in total. The third-order valence-electron chi connectivity index (χ3n) is 5.95. The first-order valence-electron chi connectivity index (χ1n) is 9.98. The summed E-state index contributed by atoms with van der Waals surface area (Å²) in [7, 11) is 0. The summed E-state index contributed by atoms with van der Waals surface area (Å²) in [6, 6.07) is 14.7. The lowest BCUT2D eigenvalue weighted by Crippen LogP contribution is -2.52. The summed E-state index contributed by atoms with van der Waals surface area (Å²) in [5, 5.41) is 15.9. The molecule has 0 radical (unpaired) electrons. The molecule has 1 amide bonds. The van der Waals surface area contributed by atoms with Crippen LogP contribution in [0.15, 0.2) is 59.8 Å². The monoisotopic (exact) mass is 414 g/mol. The topological polar surface area (TPSA) is 61.4 Å². The van der Waals surface area contributed by atoms with Gasteiger partial charge in [0.25, 0.3) is 5.91 Å². The van der Waals surface area contributed by atoms with Crippen molar-refractivity contribution in [3.63, 3.8) is 0 Å². The second-order valence-corrected chi connectivity index (χ2v) is 8.19. The number of aliphatic hydroxyl groups excluding tert-OH is 1. The third-order valence-corrected chi connectivity index (χ3v) is 6.30. The number of amides is 1. The van der Waals surface area contributed by atoms with Crippen LogP contribution in [0.2, 0.25) is 5.02 Å². The Labute approximate surface area is 174 Å². The average molecular weight is 415 g/mol. The number of carbonyl (C=O) groups excluding carboxylic acids is 1. The SMILES string of the molecule is O=C1NC(O)NC(C2CCC(c3ccccc3)CC2)=C1Cc1ccc(F)cc1Cl. The Morgan fingerprint density at radius 3 is 2.38 bits per heavy atom. The van der Waals surface area contributed by atoms with Crippen LogP contribution >= 0.6 is 11.6 Å². The molecular weight excluding hydrogens is 391 g/mol. The Kier molecular flexibility index (Phi) is 5.88. The second-order valence-electron chi connectivity index (χ2n) is 7.78. The average Bonchev–Trinajstić information content (AvgIpc) is 2.72. The van der Waals surface area contributed by atoms with Crippen LogP contribution in [0.25, 0.3) is 0 Å². The van der Waals surface area contributed by atoms with Gasteiger partial charge in [-0.1, -0.05) is 48.0 Å². The number of aliphatic hydroxyl groups is 1. The van der Waals surface area contributed by atoms with Crippen molar-refractivity contribution >= 4 is 17.5 Å². The van der Waals surface area contributed by atoms with Crippen molar-refractivity contribution in [3.8, 4) is 0 Å². The van der Waals surface area contributed by atoms with E-state index >= 15 is 0 Å². The number of rotatable bonds is 4. The first kappa shape index (κ1) is 19.9. The molecule has 6 heteroatoms. The van der Waals surface area contributed by atoms with Gasteiger partial charge in [0.05, 0.1) is 0 Å². The lowest BCUT2D eigenvalue weighted by Gasteiger charge is -2.35. The number of nitrogens with one attached hydrogen (secondary N) is 2. The molecule has 0 spiro atoms. The summed E-state index contributed by atoms with van der Waals surface area (Å²) < 4.78 is 13.4. The van der Waals surface area contributed by atoms with Gasteiger partial charge in [-0.25, -0.2) is 4.39 Å². The number of carbonyl (C=O) groups is 1. The molecule has 1 unspecified atom stereocenters. The Morgan fingerprint density at radius 1 is 1.00 bits per heavy atom. The van der Waals surface area contributed by atoms with Crippen LogP contribution < -0.4 is 10.6 Å². The fraction of sp³-hybridized carbons (Fsp3) is 0.348. The van der Waals surface area contributed by atoms with Crippen LogP contribution in [-0.2, 0) is 11.2 Å². The molecule has 0 aromatic heterocycles. The van der Waals surface area contributed by atoms with E-state index in [4.69, 9.17) is 11.6 Å². The van der Waals surface area contributed by atoms with Crippen molar-refractivity contribution in [3.05, 3.63) is 81.8 Å². The fourth-order valence-corrected chi connectivity index (χ4v) is 4.67. The molecule has 2 aromatic carbocycles. The lowest BCUT2D eigenvalue weighted by molar-refractivity contribution is -0.122. The van der Waals surface area contributed by atoms with E-state index in [0.717, 1.165) is 31.4 Å². The molecule has 2 aliphatic rings. The van der Waals surface area contributed by atoms with Gasteiger partial charge in [-0.3, -0.25) is 4.79 Å². The van der Waals surface area contributed by atoms with Gasteiger partial charge in [-0.15, -0.1) is 0 Å². The standard InChI is InChI=1S/C23H24ClFN2O2/c24-20-13-18(25)11-10-17(20)12-19-21(26-23(29)27-22(19)28)16-8-6-15(7-9-16)14-4-2-1-3-5-14/h1-5,10-11,13,15-16,23,26,29H,6-9,12H2,(H,27,28). The van der Waals surface area contributed by atoms with E-state index in [1.807, 2.05) is 6.07 Å². The van der Waals surface area contributed by atoms with Crippen molar-refractivity contribution in [1.82, 2.24) is 10.6 Å². The second kappa shape index (κ2) is 8.56. The van der Waals surface area contributed by atoms with Crippen LogP contribution in [0.5, 0.6) is 0 Å². The fourth-order valence-electron chi connectivity index (χ4n) is 4.44. The maximum Gasteiger partial charge on any atom is 0.252 e. The Hall–Kier alpha value is -2.37. The number of hydrogen-bond donors (Lipinski definition) is 3. The minimum absolute atomic E-state index is 0.171. The van der Waals surface area contributed by atoms with E-state index in [1.54, 1.807) is 6.07 Å². The van der Waals surface area contributed by atoms with Crippen molar-refractivity contribution in [2.75, 3.05) is 0 Å². The first-order chi connectivity index (χ1) is 14.0. The van der Waals surface area contributed by atoms with Gasteiger partial charge in [0.1, 0.15) is 5.82 Å². The largest absolute Gasteiger partial charge is 0.356 e. The highest BCUT2D eigenvalue weighted by molar-refractivity contribution is 6.31. The molecule has 1 saturated carbocycles. The predicted molar refractivity (Wildman–Crippen MR) is 111 cm³/mol. The highest BCUT2D eigenvalue weighted by Gasteiger charge is 2.32. The van der Waals surface area contributed by atoms with E-state index in [2.05, 4.69) is 34.9 Å². The summed E-state index contributed by atoms with van der Waals surface area (Å²) in [6.07, 6.45) is 3.12. The third kappa shape index (κ3) is 4.46. The van der Waals surface area contributed by atoms with Crippen LogP contribution in [0.4, 0.5) is 4.39 Å². The minimum Gasteiger partial charge on any atom is -0.356 e. The van der Waals surface area contributed by atoms with Crippen molar-refractivity contribution < 1.29 is 14.3 Å². The highest BCUT2D eigenvalue weighted by atomic mass is 35.5. The molecule has 0 saturated heterocycles. The van der Waals surface area contributed by atoms with Gasteiger partial charge in [0.15, 0.2) is 0 Å². The molecule has 2 aromatic rings. The number of hydrogen-bond acceptors (Lipinski definition) is 3. The Bertz CT molecular complexity index is 924. The van der Waals surface area contributed by atoms with E-state index in [-0.39, 0.29) is 11.8 Å². The number of benzene rings is 2. The van der Waals surface area contributed by atoms with Crippen molar-refractivity contribution in [2.45, 2.75) is 44.4 Å². The normalized spacial score (nSPS) is 24.8. The van der Waals surface area contributed by atoms with Crippen LogP contribution in [0, 0.1) is 11.7 Å². The van der Waals surface area contributed by atoms with Crippen molar-refractivity contribution in [2.24, 2.45) is 5.92 Å². The van der Waals surface area contributed by atoms with E-state index in [1.165, 1.54) is 17.7 Å². The van der Waals surface area contributed by atoms with Gasteiger partial charge >= 0.3 is 0 Å². The molecule has 1 heterocycles. The Morgan fingerprint density at radius 2 is 1.69 bits per heavy atom. The van der Waals surface area contributed by atoms with Gasteiger partial charge in [-0.2, -0.15) is 0 Å². The Balaban J connectivity index is 1.56. The zero-order chi connectivity index (χ0) is 20.4. The van der Waals surface area contributed by atoms with Gasteiger partial charge in [0, 0.05) is 22.7 Å². The number of halogens is 2. The van der Waals surface area contributed by atoms with E-state index < -0.39 is 12.2 Å². The van der Waals surface area contributed by atoms with E-state index in [0.29, 0.717) is 28.5 Å². The summed E-state index contributed by atoms with van der Waals surface area (Å²) in [5.74, 6) is -0.0269. The molecule has 1 aliphatic heterocycles. The summed E-state index contributed by atoms with van der Waals surface area (Å²) >= 11 is 6.18. The van der Waals surface area contributed by atoms with Gasteiger partial charge < -0.3 is 15.7 Å². The van der Waals surface area contributed by atoms with Gasteiger partial charge in [0.2, 0.25) is 6.35 Å². The quantitative estimate of drug-likeness (QED) is 0.701.